The minimum absolute atomic E-state index is 0.216. The second kappa shape index (κ2) is 5.95. The summed E-state index contributed by atoms with van der Waals surface area (Å²) in [5.74, 6) is -0.216. The van der Waals surface area contributed by atoms with E-state index in [0.29, 0.717) is 16.8 Å². The van der Waals surface area contributed by atoms with Crippen molar-refractivity contribution >= 4 is 0 Å². The Hall–Kier alpha value is -1.77. The number of hydrogen-bond donors (Lipinski definition) is 0. The minimum Gasteiger partial charge on any atom is -0.245 e. The molecule has 2 aromatic rings. The average molecular weight is 218 g/mol. The zero-order valence-corrected chi connectivity index (χ0v) is 9.74. The van der Waals surface area contributed by atoms with Crippen LogP contribution in [0.5, 0.6) is 0 Å². The van der Waals surface area contributed by atoms with Gasteiger partial charge >= 0.3 is 0 Å². The molecular weight excluding hydrogens is 203 g/mol. The summed E-state index contributed by atoms with van der Waals surface area (Å²) in [6, 6.07) is 6.96. The van der Waals surface area contributed by atoms with Crippen molar-refractivity contribution in [2.24, 2.45) is 0 Å². The quantitative estimate of drug-likeness (QED) is 0.730. The van der Waals surface area contributed by atoms with Gasteiger partial charge in [-0.1, -0.05) is 26.0 Å². The lowest BCUT2D eigenvalue weighted by molar-refractivity contribution is 0.621. The summed E-state index contributed by atoms with van der Waals surface area (Å²) < 4.78 is 13.6. The van der Waals surface area contributed by atoms with Gasteiger partial charge in [-0.2, -0.15) is 0 Å². The number of rotatable bonds is 1. The molecule has 1 aromatic carbocycles. The van der Waals surface area contributed by atoms with Crippen LogP contribution >= 0.6 is 0 Å². The molecular formula is C13H15FN2. The Bertz CT molecular complexity index is 441. The van der Waals surface area contributed by atoms with Gasteiger partial charge in [-0.3, -0.25) is 0 Å². The maximum Gasteiger partial charge on any atom is 0.135 e. The highest BCUT2D eigenvalue weighted by molar-refractivity contribution is 5.60. The van der Waals surface area contributed by atoms with E-state index >= 15 is 0 Å². The SMILES string of the molecule is CC.Cc1cccc(-c2ccncn2)c1F. The van der Waals surface area contributed by atoms with Gasteiger partial charge in [-0.05, 0) is 24.6 Å². The molecule has 0 spiro atoms. The fourth-order valence-electron chi connectivity index (χ4n) is 1.30. The van der Waals surface area contributed by atoms with Crippen molar-refractivity contribution in [2.75, 3.05) is 0 Å². The monoisotopic (exact) mass is 218 g/mol. The first-order valence-electron chi connectivity index (χ1n) is 5.30. The Kier molecular flexibility index (Phi) is 4.58. The van der Waals surface area contributed by atoms with Crippen LogP contribution in [0.4, 0.5) is 4.39 Å². The third kappa shape index (κ3) is 2.63. The lowest BCUT2D eigenvalue weighted by atomic mass is 10.1. The summed E-state index contributed by atoms with van der Waals surface area (Å²) in [7, 11) is 0. The van der Waals surface area contributed by atoms with Gasteiger partial charge in [0.2, 0.25) is 0 Å². The molecule has 0 unspecified atom stereocenters. The topological polar surface area (TPSA) is 25.8 Å². The van der Waals surface area contributed by atoms with Gasteiger partial charge in [0, 0.05) is 11.8 Å². The van der Waals surface area contributed by atoms with Crippen LogP contribution in [-0.4, -0.2) is 9.97 Å². The fourth-order valence-corrected chi connectivity index (χ4v) is 1.30. The van der Waals surface area contributed by atoms with Gasteiger partial charge in [0.05, 0.1) is 5.69 Å². The van der Waals surface area contributed by atoms with Gasteiger partial charge in [-0.25, -0.2) is 14.4 Å². The van der Waals surface area contributed by atoms with Gasteiger partial charge in [-0.15, -0.1) is 0 Å². The Morgan fingerprint density at radius 1 is 1.12 bits per heavy atom. The van der Waals surface area contributed by atoms with Crippen LogP contribution in [0.3, 0.4) is 0 Å². The van der Waals surface area contributed by atoms with Crippen molar-refractivity contribution in [2.45, 2.75) is 20.8 Å². The molecule has 0 bridgehead atoms. The summed E-state index contributed by atoms with van der Waals surface area (Å²) >= 11 is 0. The van der Waals surface area contributed by atoms with Crippen LogP contribution < -0.4 is 0 Å². The number of aromatic nitrogens is 2. The minimum atomic E-state index is -0.216. The number of nitrogens with zero attached hydrogens (tertiary/aromatic N) is 2. The summed E-state index contributed by atoms with van der Waals surface area (Å²) in [4.78, 5) is 7.79. The van der Waals surface area contributed by atoms with Crippen molar-refractivity contribution < 1.29 is 4.39 Å². The Balaban J connectivity index is 0.000000606. The molecule has 16 heavy (non-hydrogen) atoms. The van der Waals surface area contributed by atoms with Crippen molar-refractivity contribution in [3.05, 3.63) is 48.2 Å². The number of aryl methyl sites for hydroxylation is 1. The Morgan fingerprint density at radius 3 is 2.50 bits per heavy atom. The van der Waals surface area contributed by atoms with E-state index in [-0.39, 0.29) is 5.82 Å². The van der Waals surface area contributed by atoms with Crippen LogP contribution in [0, 0.1) is 12.7 Å². The Labute approximate surface area is 95.2 Å². The van der Waals surface area contributed by atoms with E-state index in [4.69, 9.17) is 0 Å². The average Bonchev–Trinajstić information content (AvgIpc) is 2.36. The highest BCUT2D eigenvalue weighted by Gasteiger charge is 2.06. The highest BCUT2D eigenvalue weighted by Crippen LogP contribution is 2.21. The first kappa shape index (κ1) is 12.3. The zero-order valence-electron chi connectivity index (χ0n) is 9.74. The van der Waals surface area contributed by atoms with Gasteiger partial charge in [0.1, 0.15) is 12.1 Å². The maximum atomic E-state index is 13.6. The molecule has 2 nitrogen and oxygen atoms in total. The van der Waals surface area contributed by atoms with Crippen molar-refractivity contribution in [1.29, 1.82) is 0 Å². The van der Waals surface area contributed by atoms with Crippen LogP contribution in [0.15, 0.2) is 36.8 Å². The second-order valence-corrected chi connectivity index (χ2v) is 3.03. The van der Waals surface area contributed by atoms with E-state index in [1.807, 2.05) is 19.9 Å². The largest absolute Gasteiger partial charge is 0.245 e. The maximum absolute atomic E-state index is 13.6. The zero-order chi connectivity index (χ0) is 12.0. The van der Waals surface area contributed by atoms with Crippen LogP contribution in [0.2, 0.25) is 0 Å². The molecule has 0 atom stereocenters. The number of halogens is 1. The van der Waals surface area contributed by atoms with Gasteiger partial charge in [0.25, 0.3) is 0 Å². The molecule has 0 N–H and O–H groups in total. The van der Waals surface area contributed by atoms with Gasteiger partial charge in [0.15, 0.2) is 0 Å². The van der Waals surface area contributed by atoms with Crippen LogP contribution in [0.25, 0.3) is 11.3 Å². The van der Waals surface area contributed by atoms with Gasteiger partial charge < -0.3 is 0 Å². The molecule has 2 rings (SSSR count). The molecule has 0 aliphatic rings. The summed E-state index contributed by atoms with van der Waals surface area (Å²) in [5, 5.41) is 0. The molecule has 0 amide bonds. The van der Waals surface area contributed by atoms with E-state index in [1.165, 1.54) is 6.33 Å². The smallest absolute Gasteiger partial charge is 0.135 e. The molecule has 1 aromatic heterocycles. The van der Waals surface area contributed by atoms with E-state index in [9.17, 15) is 4.39 Å². The van der Waals surface area contributed by atoms with E-state index < -0.39 is 0 Å². The molecule has 0 aliphatic heterocycles. The van der Waals surface area contributed by atoms with E-state index in [2.05, 4.69) is 9.97 Å². The molecule has 0 saturated heterocycles. The van der Waals surface area contributed by atoms with Crippen molar-refractivity contribution in [1.82, 2.24) is 9.97 Å². The second-order valence-electron chi connectivity index (χ2n) is 3.03. The summed E-state index contributed by atoms with van der Waals surface area (Å²) in [5.41, 5.74) is 1.76. The predicted octanol–water partition coefficient (Wildman–Crippen LogP) is 3.62. The number of hydrogen-bond acceptors (Lipinski definition) is 2. The molecule has 0 saturated carbocycles. The third-order valence-electron chi connectivity index (χ3n) is 2.05. The third-order valence-corrected chi connectivity index (χ3v) is 2.05. The van der Waals surface area contributed by atoms with E-state index in [1.54, 1.807) is 31.3 Å². The Morgan fingerprint density at radius 2 is 1.88 bits per heavy atom. The normalized spacial score (nSPS) is 9.25. The standard InChI is InChI=1S/C11H9FN2.C2H6/c1-8-3-2-4-9(11(8)12)10-5-6-13-7-14-10;1-2/h2-7H,1H3;1-2H3. The van der Waals surface area contributed by atoms with Crippen molar-refractivity contribution in [3.63, 3.8) is 0 Å². The number of benzene rings is 1. The summed E-state index contributed by atoms with van der Waals surface area (Å²) in [6.45, 7) is 5.74. The van der Waals surface area contributed by atoms with Crippen molar-refractivity contribution in [3.8, 4) is 11.3 Å². The highest BCUT2D eigenvalue weighted by atomic mass is 19.1. The summed E-state index contributed by atoms with van der Waals surface area (Å²) in [6.07, 6.45) is 3.02. The van der Waals surface area contributed by atoms with E-state index in [0.717, 1.165) is 0 Å². The molecule has 1 heterocycles. The lowest BCUT2D eigenvalue weighted by Gasteiger charge is -2.03. The fraction of sp³-hybridized carbons (Fsp3) is 0.231. The molecule has 0 radical (unpaired) electrons. The first-order valence-corrected chi connectivity index (χ1v) is 5.30. The predicted molar refractivity (Wildman–Crippen MR) is 63.5 cm³/mol. The first-order chi connectivity index (χ1) is 7.79. The molecule has 84 valence electrons. The van der Waals surface area contributed by atoms with Crippen LogP contribution in [0.1, 0.15) is 19.4 Å². The lowest BCUT2D eigenvalue weighted by Crippen LogP contribution is -1.90. The molecule has 0 aliphatic carbocycles. The molecule has 0 fully saturated rings. The van der Waals surface area contributed by atoms with Crippen LogP contribution in [-0.2, 0) is 0 Å². The molecule has 3 heteroatoms.